The Bertz CT molecular complexity index is 608. The molecule has 0 fully saturated rings. The van der Waals surface area contributed by atoms with E-state index in [1.807, 2.05) is 25.1 Å². The minimum atomic E-state index is -0.175. The lowest BCUT2D eigenvalue weighted by Crippen LogP contribution is -2.39. The molecule has 0 radical (unpaired) electrons. The first-order valence-corrected chi connectivity index (χ1v) is 8.01. The SMILES string of the molecule is Cc1ocnc1CNC(=O)NC[C@@H](Cc1ccccc1)C(C)C. The third-order valence-electron chi connectivity index (χ3n) is 4.07. The van der Waals surface area contributed by atoms with Gasteiger partial charge in [-0.3, -0.25) is 0 Å². The average Bonchev–Trinajstić information content (AvgIpc) is 2.95. The van der Waals surface area contributed by atoms with Crippen molar-refractivity contribution in [2.24, 2.45) is 11.8 Å². The van der Waals surface area contributed by atoms with Crippen LogP contribution in [0, 0.1) is 18.8 Å². The van der Waals surface area contributed by atoms with Gasteiger partial charge in [0, 0.05) is 6.54 Å². The highest BCUT2D eigenvalue weighted by Gasteiger charge is 2.15. The van der Waals surface area contributed by atoms with Crippen LogP contribution in [0.3, 0.4) is 0 Å². The molecule has 2 N–H and O–H groups in total. The summed E-state index contributed by atoms with van der Waals surface area (Å²) in [5.74, 6) is 1.62. The zero-order valence-corrected chi connectivity index (χ0v) is 14.0. The predicted molar refractivity (Wildman–Crippen MR) is 90.0 cm³/mol. The van der Waals surface area contributed by atoms with E-state index in [9.17, 15) is 4.79 Å². The molecule has 2 amide bonds. The molecule has 1 aromatic carbocycles. The van der Waals surface area contributed by atoms with Gasteiger partial charge in [-0.2, -0.15) is 0 Å². The number of aromatic nitrogens is 1. The number of aryl methyl sites for hydroxylation is 1. The van der Waals surface area contributed by atoms with Crippen molar-refractivity contribution in [2.45, 2.75) is 33.7 Å². The quantitative estimate of drug-likeness (QED) is 0.824. The monoisotopic (exact) mass is 315 g/mol. The molecule has 1 heterocycles. The van der Waals surface area contributed by atoms with Gasteiger partial charge in [-0.15, -0.1) is 0 Å². The van der Waals surface area contributed by atoms with Gasteiger partial charge in [-0.05, 0) is 30.7 Å². The predicted octanol–water partition coefficient (Wildman–Crippen LogP) is 3.30. The van der Waals surface area contributed by atoms with Crippen molar-refractivity contribution in [3.8, 4) is 0 Å². The maximum Gasteiger partial charge on any atom is 0.315 e. The zero-order chi connectivity index (χ0) is 16.7. The van der Waals surface area contributed by atoms with Crippen LogP contribution < -0.4 is 10.6 Å². The largest absolute Gasteiger partial charge is 0.448 e. The summed E-state index contributed by atoms with van der Waals surface area (Å²) in [7, 11) is 0. The number of benzene rings is 1. The van der Waals surface area contributed by atoms with E-state index in [1.165, 1.54) is 12.0 Å². The van der Waals surface area contributed by atoms with Crippen LogP contribution in [-0.2, 0) is 13.0 Å². The Morgan fingerprint density at radius 3 is 2.57 bits per heavy atom. The smallest absolute Gasteiger partial charge is 0.315 e. The van der Waals surface area contributed by atoms with E-state index in [-0.39, 0.29) is 6.03 Å². The van der Waals surface area contributed by atoms with E-state index < -0.39 is 0 Å². The van der Waals surface area contributed by atoms with Crippen LogP contribution in [0.2, 0.25) is 0 Å². The molecule has 2 aromatic rings. The summed E-state index contributed by atoms with van der Waals surface area (Å²) >= 11 is 0. The van der Waals surface area contributed by atoms with Crippen LogP contribution in [-0.4, -0.2) is 17.6 Å². The van der Waals surface area contributed by atoms with Crippen molar-refractivity contribution in [3.63, 3.8) is 0 Å². The molecule has 1 atom stereocenters. The molecule has 0 spiro atoms. The molecular weight excluding hydrogens is 290 g/mol. The lowest BCUT2D eigenvalue weighted by atomic mass is 9.89. The molecule has 0 saturated heterocycles. The van der Waals surface area contributed by atoms with E-state index in [0.717, 1.165) is 17.9 Å². The van der Waals surface area contributed by atoms with Crippen molar-refractivity contribution >= 4 is 6.03 Å². The van der Waals surface area contributed by atoms with Gasteiger partial charge < -0.3 is 15.1 Å². The maximum atomic E-state index is 11.9. The second-order valence-electron chi connectivity index (χ2n) is 6.11. The van der Waals surface area contributed by atoms with Crippen molar-refractivity contribution < 1.29 is 9.21 Å². The minimum absolute atomic E-state index is 0.175. The van der Waals surface area contributed by atoms with Crippen LogP contribution in [0.25, 0.3) is 0 Å². The Labute approximate surface area is 137 Å². The standard InChI is InChI=1S/C18H25N3O2/c1-13(2)16(9-15-7-5-4-6-8-15)10-19-18(22)20-11-17-14(3)23-12-21-17/h4-8,12-13,16H,9-11H2,1-3H3,(H2,19,20,22)/t16-/m1/s1. The third-order valence-corrected chi connectivity index (χ3v) is 4.07. The Morgan fingerprint density at radius 1 is 1.22 bits per heavy atom. The van der Waals surface area contributed by atoms with E-state index >= 15 is 0 Å². The first kappa shape index (κ1) is 17.1. The topological polar surface area (TPSA) is 67.2 Å². The van der Waals surface area contributed by atoms with E-state index in [1.54, 1.807) is 0 Å². The van der Waals surface area contributed by atoms with Crippen LogP contribution in [0.4, 0.5) is 4.79 Å². The number of hydrogen-bond donors (Lipinski definition) is 2. The first-order valence-electron chi connectivity index (χ1n) is 8.01. The molecule has 5 nitrogen and oxygen atoms in total. The number of nitrogens with one attached hydrogen (secondary N) is 2. The van der Waals surface area contributed by atoms with Gasteiger partial charge in [0.1, 0.15) is 11.5 Å². The minimum Gasteiger partial charge on any atom is -0.448 e. The van der Waals surface area contributed by atoms with Crippen molar-refractivity contribution in [3.05, 3.63) is 53.7 Å². The van der Waals surface area contributed by atoms with E-state index in [2.05, 4.69) is 41.6 Å². The van der Waals surface area contributed by atoms with Crippen LogP contribution in [0.15, 0.2) is 41.1 Å². The zero-order valence-electron chi connectivity index (χ0n) is 14.0. The summed E-state index contributed by atoms with van der Waals surface area (Å²) in [5, 5.41) is 5.77. The number of hydrogen-bond acceptors (Lipinski definition) is 3. The Hall–Kier alpha value is -2.30. The highest BCUT2D eigenvalue weighted by molar-refractivity contribution is 5.73. The number of oxazole rings is 1. The normalized spacial score (nSPS) is 12.2. The summed E-state index contributed by atoms with van der Waals surface area (Å²) in [6, 6.07) is 10.2. The summed E-state index contributed by atoms with van der Waals surface area (Å²) in [4.78, 5) is 16.0. The Morgan fingerprint density at radius 2 is 1.96 bits per heavy atom. The molecule has 0 saturated carbocycles. The first-order chi connectivity index (χ1) is 11.1. The van der Waals surface area contributed by atoms with Crippen molar-refractivity contribution in [2.75, 3.05) is 6.54 Å². The van der Waals surface area contributed by atoms with Gasteiger partial charge >= 0.3 is 6.03 Å². The maximum absolute atomic E-state index is 11.9. The highest BCUT2D eigenvalue weighted by Crippen LogP contribution is 2.16. The van der Waals surface area contributed by atoms with Gasteiger partial charge in [0.2, 0.25) is 0 Å². The number of rotatable bonds is 7. The molecule has 0 unspecified atom stereocenters. The molecule has 0 aliphatic carbocycles. The van der Waals surface area contributed by atoms with E-state index in [4.69, 9.17) is 4.42 Å². The number of carbonyl (C=O) groups excluding carboxylic acids is 1. The average molecular weight is 315 g/mol. The number of carbonyl (C=O) groups is 1. The highest BCUT2D eigenvalue weighted by atomic mass is 16.3. The van der Waals surface area contributed by atoms with Crippen molar-refractivity contribution in [1.29, 1.82) is 0 Å². The lowest BCUT2D eigenvalue weighted by Gasteiger charge is -2.21. The van der Waals surface area contributed by atoms with Crippen LogP contribution in [0.5, 0.6) is 0 Å². The molecule has 0 bridgehead atoms. The lowest BCUT2D eigenvalue weighted by molar-refractivity contribution is 0.236. The summed E-state index contributed by atoms with van der Waals surface area (Å²) < 4.78 is 5.11. The molecule has 1 aromatic heterocycles. The van der Waals surface area contributed by atoms with E-state index in [0.29, 0.717) is 24.9 Å². The van der Waals surface area contributed by atoms with Gasteiger partial charge in [0.05, 0.1) is 6.54 Å². The molecule has 0 aliphatic heterocycles. The number of amides is 2. The molecule has 124 valence electrons. The van der Waals surface area contributed by atoms with Crippen LogP contribution in [0.1, 0.15) is 30.9 Å². The second kappa shape index (κ2) is 8.36. The molecular formula is C18H25N3O2. The molecule has 5 heteroatoms. The van der Waals surface area contributed by atoms with Gasteiger partial charge in [-0.1, -0.05) is 44.2 Å². The second-order valence-corrected chi connectivity index (χ2v) is 6.11. The van der Waals surface area contributed by atoms with Gasteiger partial charge in [0.25, 0.3) is 0 Å². The van der Waals surface area contributed by atoms with Gasteiger partial charge in [-0.25, -0.2) is 9.78 Å². The van der Waals surface area contributed by atoms with Gasteiger partial charge in [0.15, 0.2) is 6.39 Å². The fourth-order valence-electron chi connectivity index (χ4n) is 2.41. The summed E-state index contributed by atoms with van der Waals surface area (Å²) in [5.41, 5.74) is 2.05. The molecule has 23 heavy (non-hydrogen) atoms. The number of urea groups is 1. The van der Waals surface area contributed by atoms with Crippen LogP contribution >= 0.6 is 0 Å². The fraction of sp³-hybridized carbons (Fsp3) is 0.444. The summed E-state index contributed by atoms with van der Waals surface area (Å²) in [6.07, 6.45) is 2.35. The third kappa shape index (κ3) is 5.43. The molecule has 0 aliphatic rings. The molecule has 2 rings (SSSR count). The fourth-order valence-corrected chi connectivity index (χ4v) is 2.41. The summed E-state index contributed by atoms with van der Waals surface area (Å²) in [6.45, 7) is 7.23. The van der Waals surface area contributed by atoms with Crippen molar-refractivity contribution in [1.82, 2.24) is 15.6 Å². The Kier molecular flexibility index (Phi) is 6.20. The number of nitrogens with zero attached hydrogens (tertiary/aromatic N) is 1. The Balaban J connectivity index is 1.79.